The number of anilines is 1. The minimum absolute atomic E-state index is 0.260. The van der Waals surface area contributed by atoms with Gasteiger partial charge in [-0.2, -0.15) is 0 Å². The van der Waals surface area contributed by atoms with Crippen LogP contribution in [0.4, 0.5) is 5.69 Å². The van der Waals surface area contributed by atoms with Crippen LogP contribution in [0.5, 0.6) is 0 Å². The molecule has 0 radical (unpaired) electrons. The summed E-state index contributed by atoms with van der Waals surface area (Å²) >= 11 is 3.45. The highest BCUT2D eigenvalue weighted by Gasteiger charge is 2.19. The van der Waals surface area contributed by atoms with Crippen molar-refractivity contribution in [1.29, 1.82) is 0 Å². The molecule has 0 heterocycles. The molecule has 0 saturated heterocycles. The Bertz CT molecular complexity index is 319. The van der Waals surface area contributed by atoms with Crippen molar-refractivity contribution in [2.75, 3.05) is 25.0 Å². The average molecular weight is 285 g/mol. The molecule has 0 saturated carbocycles. The molecule has 0 bridgehead atoms. The first-order valence-corrected chi connectivity index (χ1v) is 6.41. The maximum atomic E-state index is 5.62. The van der Waals surface area contributed by atoms with Gasteiger partial charge in [0.2, 0.25) is 0 Å². The van der Waals surface area contributed by atoms with Crippen molar-refractivity contribution in [1.82, 2.24) is 0 Å². The molecular formula is C13H21BrN2. The Morgan fingerprint density at radius 2 is 1.81 bits per heavy atom. The number of nitrogens with zero attached hydrogens (tertiary/aromatic N) is 1. The highest BCUT2D eigenvalue weighted by Crippen LogP contribution is 2.24. The van der Waals surface area contributed by atoms with Gasteiger partial charge in [0.05, 0.1) is 0 Å². The van der Waals surface area contributed by atoms with Crippen LogP contribution in [0, 0.1) is 5.41 Å². The second-order valence-corrected chi connectivity index (χ2v) is 5.95. The molecule has 3 heteroatoms. The average Bonchev–Trinajstić information content (AvgIpc) is 2.17. The maximum Gasteiger partial charge on any atom is 0.0364 e. The molecule has 0 aliphatic carbocycles. The summed E-state index contributed by atoms with van der Waals surface area (Å²) in [4.78, 5) is 2.28. The quantitative estimate of drug-likeness (QED) is 0.899. The Kier molecular flexibility index (Phi) is 4.81. The first kappa shape index (κ1) is 13.5. The van der Waals surface area contributed by atoms with Crippen molar-refractivity contribution >= 4 is 21.6 Å². The smallest absolute Gasteiger partial charge is 0.0364 e. The lowest BCUT2D eigenvalue weighted by molar-refractivity contribution is 0.347. The number of halogens is 1. The van der Waals surface area contributed by atoms with E-state index in [1.807, 2.05) is 0 Å². The predicted octanol–water partition coefficient (Wildman–Crippen LogP) is 3.26. The Balaban J connectivity index is 2.64. The molecule has 0 aromatic heterocycles. The van der Waals surface area contributed by atoms with Gasteiger partial charge in [-0.25, -0.2) is 0 Å². The fourth-order valence-corrected chi connectivity index (χ4v) is 2.16. The molecule has 2 nitrogen and oxygen atoms in total. The van der Waals surface area contributed by atoms with Crippen LogP contribution in [0.1, 0.15) is 20.3 Å². The lowest BCUT2D eigenvalue weighted by atomic mass is 9.89. The minimum atomic E-state index is 0.260. The second kappa shape index (κ2) is 5.69. The summed E-state index contributed by atoms with van der Waals surface area (Å²) in [6, 6.07) is 8.40. The lowest BCUT2D eigenvalue weighted by Crippen LogP contribution is -2.32. The summed E-state index contributed by atoms with van der Waals surface area (Å²) < 4.78 is 1.12. The fourth-order valence-electron chi connectivity index (χ4n) is 1.90. The summed E-state index contributed by atoms with van der Waals surface area (Å²) in [5, 5.41) is 0. The van der Waals surface area contributed by atoms with E-state index in [-0.39, 0.29) is 5.41 Å². The minimum Gasteiger partial charge on any atom is -0.374 e. The SMILES string of the molecule is CN(CC(C)(C)CCN)c1ccc(Br)cc1. The Morgan fingerprint density at radius 1 is 1.25 bits per heavy atom. The molecule has 1 aromatic rings. The fraction of sp³-hybridized carbons (Fsp3) is 0.538. The molecule has 16 heavy (non-hydrogen) atoms. The van der Waals surface area contributed by atoms with Crippen LogP contribution >= 0.6 is 15.9 Å². The van der Waals surface area contributed by atoms with E-state index in [4.69, 9.17) is 5.73 Å². The third kappa shape index (κ3) is 4.14. The zero-order valence-electron chi connectivity index (χ0n) is 10.3. The van der Waals surface area contributed by atoms with Gasteiger partial charge in [-0.05, 0) is 42.6 Å². The van der Waals surface area contributed by atoms with Crippen molar-refractivity contribution in [2.45, 2.75) is 20.3 Å². The zero-order chi connectivity index (χ0) is 12.2. The van der Waals surface area contributed by atoms with Gasteiger partial charge in [0.15, 0.2) is 0 Å². The van der Waals surface area contributed by atoms with Crippen LogP contribution in [-0.4, -0.2) is 20.1 Å². The van der Waals surface area contributed by atoms with Crippen molar-refractivity contribution in [3.8, 4) is 0 Å². The van der Waals surface area contributed by atoms with Crippen molar-refractivity contribution < 1.29 is 0 Å². The standard InChI is InChI=1S/C13H21BrN2/c1-13(2,8-9-15)10-16(3)12-6-4-11(14)5-7-12/h4-7H,8-10,15H2,1-3H3. The number of hydrogen-bond donors (Lipinski definition) is 1. The summed E-state index contributed by atoms with van der Waals surface area (Å²) in [5.41, 5.74) is 7.13. The molecule has 0 unspecified atom stereocenters. The van der Waals surface area contributed by atoms with Gasteiger partial charge in [0.1, 0.15) is 0 Å². The van der Waals surface area contributed by atoms with E-state index in [0.29, 0.717) is 0 Å². The lowest BCUT2D eigenvalue weighted by Gasteiger charge is -2.31. The molecule has 2 N–H and O–H groups in total. The molecule has 0 aliphatic rings. The third-order valence-corrected chi connectivity index (χ3v) is 3.28. The van der Waals surface area contributed by atoms with E-state index < -0.39 is 0 Å². The van der Waals surface area contributed by atoms with Gasteiger partial charge in [0, 0.05) is 23.8 Å². The van der Waals surface area contributed by atoms with E-state index in [2.05, 4.69) is 66.0 Å². The summed E-state index contributed by atoms with van der Waals surface area (Å²) in [5.74, 6) is 0. The third-order valence-electron chi connectivity index (χ3n) is 2.75. The van der Waals surface area contributed by atoms with Crippen LogP contribution in [0.2, 0.25) is 0 Å². The number of nitrogens with two attached hydrogens (primary N) is 1. The molecule has 0 spiro atoms. The van der Waals surface area contributed by atoms with E-state index >= 15 is 0 Å². The Morgan fingerprint density at radius 3 is 2.31 bits per heavy atom. The van der Waals surface area contributed by atoms with Crippen molar-refractivity contribution in [3.05, 3.63) is 28.7 Å². The number of rotatable bonds is 5. The number of hydrogen-bond acceptors (Lipinski definition) is 2. The highest BCUT2D eigenvalue weighted by atomic mass is 79.9. The Hall–Kier alpha value is -0.540. The van der Waals surface area contributed by atoms with E-state index in [0.717, 1.165) is 24.0 Å². The predicted molar refractivity (Wildman–Crippen MR) is 74.9 cm³/mol. The van der Waals surface area contributed by atoms with Crippen LogP contribution < -0.4 is 10.6 Å². The van der Waals surface area contributed by atoms with Gasteiger partial charge >= 0.3 is 0 Å². The second-order valence-electron chi connectivity index (χ2n) is 5.04. The molecule has 0 atom stereocenters. The largest absolute Gasteiger partial charge is 0.374 e. The van der Waals surface area contributed by atoms with Gasteiger partial charge in [-0.15, -0.1) is 0 Å². The molecule has 0 fully saturated rings. The van der Waals surface area contributed by atoms with Crippen LogP contribution in [0.3, 0.4) is 0 Å². The molecule has 0 amide bonds. The first-order chi connectivity index (χ1) is 7.44. The van der Waals surface area contributed by atoms with Gasteiger partial charge < -0.3 is 10.6 Å². The number of benzene rings is 1. The van der Waals surface area contributed by atoms with Crippen LogP contribution in [-0.2, 0) is 0 Å². The Labute approximate surface area is 107 Å². The molecule has 90 valence electrons. The first-order valence-electron chi connectivity index (χ1n) is 5.61. The highest BCUT2D eigenvalue weighted by molar-refractivity contribution is 9.10. The van der Waals surface area contributed by atoms with E-state index in [1.54, 1.807) is 0 Å². The van der Waals surface area contributed by atoms with Gasteiger partial charge in [-0.3, -0.25) is 0 Å². The topological polar surface area (TPSA) is 29.3 Å². The van der Waals surface area contributed by atoms with Crippen LogP contribution in [0.25, 0.3) is 0 Å². The molecule has 0 aliphatic heterocycles. The summed E-state index contributed by atoms with van der Waals surface area (Å²) in [7, 11) is 2.13. The molecule has 1 rings (SSSR count). The molecule has 1 aromatic carbocycles. The molecular weight excluding hydrogens is 264 g/mol. The normalized spacial score (nSPS) is 11.6. The van der Waals surface area contributed by atoms with Crippen molar-refractivity contribution in [3.63, 3.8) is 0 Å². The van der Waals surface area contributed by atoms with Gasteiger partial charge in [0.25, 0.3) is 0 Å². The monoisotopic (exact) mass is 284 g/mol. The summed E-state index contributed by atoms with van der Waals surface area (Å²) in [6.07, 6.45) is 1.05. The van der Waals surface area contributed by atoms with E-state index in [9.17, 15) is 0 Å². The zero-order valence-corrected chi connectivity index (χ0v) is 11.9. The maximum absolute atomic E-state index is 5.62. The van der Waals surface area contributed by atoms with Gasteiger partial charge in [-0.1, -0.05) is 29.8 Å². The summed E-state index contributed by atoms with van der Waals surface area (Å²) in [6.45, 7) is 6.29. The van der Waals surface area contributed by atoms with Crippen LogP contribution in [0.15, 0.2) is 28.7 Å². The van der Waals surface area contributed by atoms with E-state index in [1.165, 1.54) is 5.69 Å². The van der Waals surface area contributed by atoms with Crippen molar-refractivity contribution in [2.24, 2.45) is 11.1 Å².